The molecule has 5 heteroatoms. The van der Waals surface area contributed by atoms with Crippen LogP contribution in [-0.2, 0) is 13.6 Å². The molecule has 3 heterocycles. The van der Waals surface area contributed by atoms with E-state index in [1.165, 1.54) is 6.42 Å². The lowest BCUT2D eigenvalue weighted by atomic mass is 9.59. The van der Waals surface area contributed by atoms with Gasteiger partial charge in [0, 0.05) is 25.5 Å². The van der Waals surface area contributed by atoms with Crippen LogP contribution in [0.2, 0.25) is 0 Å². The van der Waals surface area contributed by atoms with Gasteiger partial charge in [0.25, 0.3) is 5.91 Å². The van der Waals surface area contributed by atoms with Crippen molar-refractivity contribution >= 4 is 5.91 Å². The number of amides is 1. The summed E-state index contributed by atoms with van der Waals surface area (Å²) in [6.45, 7) is 5.04. The highest BCUT2D eigenvalue weighted by molar-refractivity contribution is 5.94. The molecule has 1 saturated heterocycles. The molecule has 1 saturated carbocycles. The maximum absolute atomic E-state index is 12.4. The fourth-order valence-corrected chi connectivity index (χ4v) is 4.35. The Morgan fingerprint density at radius 3 is 2.64 bits per heavy atom. The Morgan fingerprint density at radius 2 is 2.08 bits per heavy atom. The van der Waals surface area contributed by atoms with Gasteiger partial charge in [-0.05, 0) is 69.3 Å². The van der Waals surface area contributed by atoms with Crippen molar-refractivity contribution in [3.63, 3.8) is 0 Å². The van der Waals surface area contributed by atoms with Crippen molar-refractivity contribution in [1.82, 2.24) is 14.8 Å². The van der Waals surface area contributed by atoms with Crippen LogP contribution in [0.5, 0.6) is 0 Å². The first-order chi connectivity index (χ1) is 12.0. The quantitative estimate of drug-likeness (QED) is 0.930. The minimum atomic E-state index is 0.0677. The molecule has 5 nitrogen and oxygen atoms in total. The van der Waals surface area contributed by atoms with E-state index in [-0.39, 0.29) is 5.91 Å². The first kappa shape index (κ1) is 16.5. The normalized spacial score (nSPS) is 22.7. The molecule has 4 rings (SSSR count). The van der Waals surface area contributed by atoms with Gasteiger partial charge in [-0.1, -0.05) is 0 Å². The van der Waals surface area contributed by atoms with Crippen LogP contribution in [0.4, 0.5) is 0 Å². The molecule has 0 unspecified atom stereocenters. The number of furan rings is 1. The van der Waals surface area contributed by atoms with E-state index in [9.17, 15) is 4.79 Å². The average Bonchev–Trinajstić information content (AvgIpc) is 3.20. The smallest absolute Gasteiger partial charge is 0.253 e. The summed E-state index contributed by atoms with van der Waals surface area (Å²) in [6, 6.07) is 6.32. The maximum Gasteiger partial charge on any atom is 0.253 e. The Morgan fingerprint density at radius 1 is 1.28 bits per heavy atom. The lowest BCUT2D eigenvalue weighted by molar-refractivity contribution is -0.00853. The largest absolute Gasteiger partial charge is 0.465 e. The molecule has 1 aliphatic heterocycles. The van der Waals surface area contributed by atoms with Crippen molar-refractivity contribution in [2.24, 2.45) is 12.5 Å². The van der Waals surface area contributed by atoms with Crippen molar-refractivity contribution in [2.75, 3.05) is 13.1 Å². The molecule has 1 amide bonds. The van der Waals surface area contributed by atoms with Gasteiger partial charge >= 0.3 is 0 Å². The van der Waals surface area contributed by atoms with Crippen LogP contribution in [0.1, 0.15) is 47.6 Å². The van der Waals surface area contributed by atoms with E-state index in [0.29, 0.717) is 11.5 Å². The highest BCUT2D eigenvalue weighted by Crippen LogP contribution is 2.49. The Labute approximate surface area is 149 Å². The molecule has 2 aliphatic rings. The summed E-state index contributed by atoms with van der Waals surface area (Å²) in [6.07, 6.45) is 8.46. The van der Waals surface area contributed by atoms with Crippen LogP contribution < -0.4 is 5.32 Å². The van der Waals surface area contributed by atoms with Crippen LogP contribution >= 0.6 is 0 Å². The minimum absolute atomic E-state index is 0.0677. The number of rotatable bonds is 4. The number of carbonyl (C=O) groups excluding carboxylic acids is 1. The van der Waals surface area contributed by atoms with Crippen LogP contribution in [-0.4, -0.2) is 34.5 Å². The van der Waals surface area contributed by atoms with Gasteiger partial charge in [-0.25, -0.2) is 0 Å². The van der Waals surface area contributed by atoms with E-state index >= 15 is 0 Å². The fraction of sp³-hybridized carbons (Fsp3) is 0.550. The summed E-state index contributed by atoms with van der Waals surface area (Å²) in [7, 11) is 1.94. The lowest BCUT2D eigenvalue weighted by Crippen LogP contribution is -2.59. The standard InChI is InChI=1S/C20H27N3O2/c1-15-3-4-17(25-15)14-23-11-8-20(9-12-23)7-5-18(20)21-19(24)16-6-10-22(2)13-16/h3-4,6,10,13,18H,5,7-9,11-12,14H2,1-2H3,(H,21,24)/t18-/m0/s1. The predicted octanol–water partition coefficient (Wildman–Crippen LogP) is 3.10. The molecule has 1 spiro atoms. The molecular formula is C20H27N3O2. The lowest BCUT2D eigenvalue weighted by Gasteiger charge is -2.54. The van der Waals surface area contributed by atoms with E-state index < -0.39 is 0 Å². The number of hydrogen-bond donors (Lipinski definition) is 1. The van der Waals surface area contributed by atoms with Crippen LogP contribution in [0.25, 0.3) is 0 Å². The molecule has 2 fully saturated rings. The number of carbonyl (C=O) groups is 1. The van der Waals surface area contributed by atoms with E-state index in [1.54, 1.807) is 0 Å². The molecule has 2 aromatic heterocycles. The van der Waals surface area contributed by atoms with E-state index in [0.717, 1.165) is 56.0 Å². The zero-order chi connectivity index (χ0) is 17.4. The van der Waals surface area contributed by atoms with Gasteiger partial charge in [-0.2, -0.15) is 0 Å². The minimum Gasteiger partial charge on any atom is -0.465 e. The Kier molecular flexibility index (Phi) is 4.20. The highest BCUT2D eigenvalue weighted by atomic mass is 16.3. The van der Waals surface area contributed by atoms with Crippen LogP contribution in [0, 0.1) is 12.3 Å². The summed E-state index contributed by atoms with van der Waals surface area (Å²) in [5, 5.41) is 3.29. The molecular weight excluding hydrogens is 314 g/mol. The van der Waals surface area contributed by atoms with Crippen molar-refractivity contribution < 1.29 is 9.21 Å². The van der Waals surface area contributed by atoms with Gasteiger partial charge in [0.15, 0.2) is 0 Å². The summed E-state index contributed by atoms with van der Waals surface area (Å²) < 4.78 is 7.62. The summed E-state index contributed by atoms with van der Waals surface area (Å²) in [5.74, 6) is 2.10. The summed E-state index contributed by atoms with van der Waals surface area (Å²) >= 11 is 0. The van der Waals surface area contributed by atoms with Gasteiger partial charge in [0.05, 0.1) is 12.1 Å². The highest BCUT2D eigenvalue weighted by Gasteiger charge is 2.48. The third-order valence-corrected chi connectivity index (χ3v) is 6.10. The second kappa shape index (κ2) is 6.37. The van der Waals surface area contributed by atoms with Crippen molar-refractivity contribution in [3.05, 3.63) is 47.7 Å². The SMILES string of the molecule is Cc1ccc(CN2CCC3(CC[C@@H]3NC(=O)c3ccn(C)c3)CC2)o1. The van der Waals surface area contributed by atoms with Crippen molar-refractivity contribution in [3.8, 4) is 0 Å². The van der Waals surface area contributed by atoms with Gasteiger partial charge < -0.3 is 14.3 Å². The van der Waals surface area contributed by atoms with Crippen molar-refractivity contribution in [1.29, 1.82) is 0 Å². The molecule has 1 atom stereocenters. The Hall–Kier alpha value is -2.01. The molecule has 2 aromatic rings. The van der Waals surface area contributed by atoms with Gasteiger partial charge in [-0.3, -0.25) is 9.69 Å². The molecule has 25 heavy (non-hydrogen) atoms. The molecule has 134 valence electrons. The van der Waals surface area contributed by atoms with Crippen LogP contribution in [0.15, 0.2) is 35.0 Å². The monoisotopic (exact) mass is 341 g/mol. The van der Waals surface area contributed by atoms with Crippen LogP contribution in [0.3, 0.4) is 0 Å². The van der Waals surface area contributed by atoms with Gasteiger partial charge in [-0.15, -0.1) is 0 Å². The first-order valence-electron chi connectivity index (χ1n) is 9.25. The number of aryl methyl sites for hydroxylation is 2. The van der Waals surface area contributed by atoms with Gasteiger partial charge in [0.2, 0.25) is 0 Å². The first-order valence-corrected chi connectivity index (χ1v) is 9.25. The predicted molar refractivity (Wildman–Crippen MR) is 96.3 cm³/mol. The van der Waals surface area contributed by atoms with Crippen molar-refractivity contribution in [2.45, 2.75) is 45.2 Å². The zero-order valence-corrected chi connectivity index (χ0v) is 15.1. The second-order valence-electron chi connectivity index (χ2n) is 7.78. The average molecular weight is 341 g/mol. The third-order valence-electron chi connectivity index (χ3n) is 6.10. The van der Waals surface area contributed by atoms with E-state index in [4.69, 9.17) is 4.42 Å². The number of aromatic nitrogens is 1. The molecule has 1 aliphatic carbocycles. The second-order valence-corrected chi connectivity index (χ2v) is 7.78. The number of likely N-dealkylation sites (tertiary alicyclic amines) is 1. The third kappa shape index (κ3) is 3.25. The summed E-state index contributed by atoms with van der Waals surface area (Å²) in [4.78, 5) is 14.9. The molecule has 0 radical (unpaired) electrons. The fourth-order valence-electron chi connectivity index (χ4n) is 4.35. The number of nitrogens with zero attached hydrogens (tertiary/aromatic N) is 2. The Balaban J connectivity index is 1.32. The molecule has 0 bridgehead atoms. The number of piperidine rings is 1. The zero-order valence-electron chi connectivity index (χ0n) is 15.1. The number of nitrogens with one attached hydrogen (secondary N) is 1. The topological polar surface area (TPSA) is 50.4 Å². The Bertz CT molecular complexity index is 753. The van der Waals surface area contributed by atoms with E-state index in [2.05, 4.69) is 16.3 Å². The maximum atomic E-state index is 12.4. The van der Waals surface area contributed by atoms with Gasteiger partial charge in [0.1, 0.15) is 11.5 Å². The van der Waals surface area contributed by atoms with E-state index in [1.807, 2.05) is 43.1 Å². The molecule has 1 N–H and O–H groups in total. The number of hydrogen-bond acceptors (Lipinski definition) is 3. The summed E-state index contributed by atoms with van der Waals surface area (Å²) in [5.41, 5.74) is 1.06. The molecule has 0 aromatic carbocycles.